The molecule has 0 aliphatic heterocycles. The Morgan fingerprint density at radius 2 is 2.33 bits per heavy atom. The molecule has 12 heavy (non-hydrogen) atoms. The van der Waals surface area contributed by atoms with Crippen molar-refractivity contribution >= 4 is 45.0 Å². The summed E-state index contributed by atoms with van der Waals surface area (Å²) in [5.41, 5.74) is 1.49. The van der Waals surface area contributed by atoms with E-state index in [0.29, 0.717) is 5.56 Å². The van der Waals surface area contributed by atoms with Crippen LogP contribution in [0.15, 0.2) is 18.2 Å². The first kappa shape index (κ1) is 7.95. The van der Waals surface area contributed by atoms with Crippen LogP contribution in [0.1, 0.15) is 5.56 Å². The van der Waals surface area contributed by atoms with Crippen LogP contribution in [0.3, 0.4) is 0 Å². The van der Waals surface area contributed by atoms with Gasteiger partial charge < -0.3 is 0 Å². The Morgan fingerprint density at radius 3 is 3.08 bits per heavy atom. The molecule has 0 aliphatic rings. The summed E-state index contributed by atoms with van der Waals surface area (Å²) in [5, 5.41) is 9.84. The quantitative estimate of drug-likeness (QED) is 0.698. The molecule has 1 aromatic carbocycles. The second-order valence-electron chi connectivity index (χ2n) is 2.27. The molecule has 0 spiro atoms. The Morgan fingerprint density at radius 1 is 1.50 bits per heavy atom. The van der Waals surface area contributed by atoms with Gasteiger partial charge in [-0.2, -0.15) is 9.64 Å². The highest BCUT2D eigenvalue weighted by Gasteiger charge is 2.05. The zero-order valence-electron chi connectivity index (χ0n) is 5.91. The maximum Gasteiger partial charge on any atom is 0.103 e. The van der Waals surface area contributed by atoms with Crippen molar-refractivity contribution in [2.45, 2.75) is 0 Å². The minimum Gasteiger partial charge on any atom is -0.192 e. The molecule has 2 aromatic rings. The summed E-state index contributed by atoms with van der Waals surface area (Å²) in [7, 11) is 0. The van der Waals surface area contributed by atoms with E-state index in [2.05, 4.69) is 33.0 Å². The van der Waals surface area contributed by atoms with Crippen molar-refractivity contribution in [1.82, 2.24) is 4.37 Å². The largest absolute Gasteiger partial charge is 0.192 e. The zero-order chi connectivity index (χ0) is 8.55. The van der Waals surface area contributed by atoms with E-state index in [-0.39, 0.29) is 0 Å². The van der Waals surface area contributed by atoms with Gasteiger partial charge in [0.25, 0.3) is 0 Å². The summed E-state index contributed by atoms with van der Waals surface area (Å²) in [6.07, 6.45) is 0. The summed E-state index contributed by atoms with van der Waals surface area (Å²) in [4.78, 5) is 0. The molecule has 0 bridgehead atoms. The van der Waals surface area contributed by atoms with Crippen molar-refractivity contribution in [2.24, 2.45) is 0 Å². The molecular formula is C8H3IN2S. The van der Waals surface area contributed by atoms with Crippen LogP contribution in [0.25, 0.3) is 10.9 Å². The Bertz CT molecular complexity index is 469. The van der Waals surface area contributed by atoms with Crippen molar-refractivity contribution in [3.05, 3.63) is 26.6 Å². The highest BCUT2D eigenvalue weighted by molar-refractivity contribution is 14.1. The molecular weight excluding hydrogens is 283 g/mol. The molecule has 1 heterocycles. The minimum absolute atomic E-state index is 0.659. The summed E-state index contributed by atoms with van der Waals surface area (Å²) in [6.45, 7) is 0. The Labute approximate surface area is 87.1 Å². The fraction of sp³-hybridized carbons (Fsp3) is 0. The lowest BCUT2D eigenvalue weighted by atomic mass is 10.2. The number of fused-ring (bicyclic) bond motifs is 1. The number of nitrogens with zero attached hydrogens (tertiary/aromatic N) is 2. The second kappa shape index (κ2) is 2.99. The van der Waals surface area contributed by atoms with Crippen LogP contribution in [-0.2, 0) is 0 Å². The number of aromatic nitrogens is 1. The number of hydrogen-bond donors (Lipinski definition) is 0. The van der Waals surface area contributed by atoms with Gasteiger partial charge in [-0.1, -0.05) is 12.1 Å². The molecule has 0 atom stereocenters. The first-order valence-electron chi connectivity index (χ1n) is 3.27. The van der Waals surface area contributed by atoms with Crippen LogP contribution in [0.4, 0.5) is 0 Å². The summed E-state index contributed by atoms with van der Waals surface area (Å²) in [6, 6.07) is 7.79. The van der Waals surface area contributed by atoms with Crippen LogP contribution in [0.2, 0.25) is 0 Å². The molecule has 1 aromatic heterocycles. The lowest BCUT2D eigenvalue weighted by molar-refractivity contribution is 1.49. The van der Waals surface area contributed by atoms with Crippen molar-refractivity contribution < 1.29 is 0 Å². The molecule has 0 aliphatic carbocycles. The molecule has 0 N–H and O–H groups in total. The molecule has 2 rings (SSSR count). The van der Waals surface area contributed by atoms with Crippen LogP contribution >= 0.6 is 34.1 Å². The summed E-state index contributed by atoms with van der Waals surface area (Å²) in [5.74, 6) is 0. The third-order valence-electron chi connectivity index (χ3n) is 1.59. The molecule has 0 amide bonds. The lowest BCUT2D eigenvalue weighted by Crippen LogP contribution is -1.76. The second-order valence-corrected chi connectivity index (χ2v) is 4.85. The van der Waals surface area contributed by atoms with Crippen molar-refractivity contribution in [3.8, 4) is 6.07 Å². The van der Waals surface area contributed by atoms with E-state index < -0.39 is 0 Å². The van der Waals surface area contributed by atoms with Crippen LogP contribution in [-0.4, -0.2) is 4.37 Å². The lowest BCUT2D eigenvalue weighted by Gasteiger charge is -1.89. The molecule has 0 saturated carbocycles. The molecule has 4 heteroatoms. The average Bonchev–Trinajstić information content (AvgIpc) is 2.48. The molecule has 0 unspecified atom stereocenters. The molecule has 58 valence electrons. The monoisotopic (exact) mass is 286 g/mol. The number of nitriles is 1. The van der Waals surface area contributed by atoms with E-state index in [1.165, 1.54) is 11.5 Å². The van der Waals surface area contributed by atoms with Gasteiger partial charge in [-0.15, -0.1) is 0 Å². The summed E-state index contributed by atoms with van der Waals surface area (Å²) >= 11 is 3.67. The molecule has 0 saturated heterocycles. The third kappa shape index (κ3) is 1.09. The van der Waals surface area contributed by atoms with E-state index in [1.807, 2.05) is 12.1 Å². The molecule has 0 radical (unpaired) electrons. The van der Waals surface area contributed by atoms with Gasteiger partial charge in [0.15, 0.2) is 0 Å². The summed E-state index contributed by atoms with van der Waals surface area (Å²) < 4.78 is 5.34. The first-order valence-corrected chi connectivity index (χ1v) is 5.12. The maximum absolute atomic E-state index is 8.76. The standard InChI is InChI=1S/C8H3IN2S/c9-8-6-3-1-2-5(4-10)7(6)11-12-8/h1-3H. The van der Waals surface area contributed by atoms with Gasteiger partial charge in [-0.25, -0.2) is 0 Å². The SMILES string of the molecule is N#Cc1cccc2c(I)snc12. The Hall–Kier alpha value is -0.670. The molecule has 0 fully saturated rings. The Kier molecular flexibility index (Phi) is 1.98. The fourth-order valence-electron chi connectivity index (χ4n) is 1.03. The highest BCUT2D eigenvalue weighted by Crippen LogP contribution is 2.25. The van der Waals surface area contributed by atoms with E-state index in [9.17, 15) is 0 Å². The van der Waals surface area contributed by atoms with Crippen molar-refractivity contribution in [3.63, 3.8) is 0 Å². The van der Waals surface area contributed by atoms with E-state index >= 15 is 0 Å². The van der Waals surface area contributed by atoms with Crippen molar-refractivity contribution in [1.29, 1.82) is 5.26 Å². The van der Waals surface area contributed by atoms with Gasteiger partial charge in [0.2, 0.25) is 0 Å². The third-order valence-corrected chi connectivity index (χ3v) is 3.41. The van der Waals surface area contributed by atoms with Gasteiger partial charge in [-0.3, -0.25) is 0 Å². The van der Waals surface area contributed by atoms with Crippen LogP contribution < -0.4 is 0 Å². The van der Waals surface area contributed by atoms with E-state index in [1.54, 1.807) is 6.07 Å². The van der Waals surface area contributed by atoms with Crippen LogP contribution in [0.5, 0.6) is 0 Å². The highest BCUT2D eigenvalue weighted by atomic mass is 127. The van der Waals surface area contributed by atoms with Gasteiger partial charge in [0.1, 0.15) is 11.6 Å². The number of hydrogen-bond acceptors (Lipinski definition) is 3. The smallest absolute Gasteiger partial charge is 0.103 e. The zero-order valence-corrected chi connectivity index (χ0v) is 8.89. The fourth-order valence-corrected chi connectivity index (χ4v) is 2.39. The normalized spacial score (nSPS) is 10.0. The van der Waals surface area contributed by atoms with Gasteiger partial charge in [-0.05, 0) is 40.2 Å². The maximum atomic E-state index is 8.76. The average molecular weight is 286 g/mol. The van der Waals surface area contributed by atoms with Crippen molar-refractivity contribution in [2.75, 3.05) is 0 Å². The van der Waals surface area contributed by atoms with Gasteiger partial charge in [0, 0.05) is 5.39 Å². The topological polar surface area (TPSA) is 36.7 Å². The van der Waals surface area contributed by atoms with Gasteiger partial charge in [0.05, 0.1) is 8.45 Å². The predicted octanol–water partition coefficient (Wildman–Crippen LogP) is 2.77. The minimum atomic E-state index is 0.659. The van der Waals surface area contributed by atoms with Crippen LogP contribution in [0, 0.1) is 14.2 Å². The number of halogens is 1. The number of benzene rings is 1. The van der Waals surface area contributed by atoms with E-state index in [4.69, 9.17) is 5.26 Å². The molecule has 2 nitrogen and oxygen atoms in total. The Balaban J connectivity index is 2.92. The predicted molar refractivity (Wildman–Crippen MR) is 57.1 cm³/mol. The first-order chi connectivity index (χ1) is 5.83. The number of rotatable bonds is 0. The van der Waals surface area contributed by atoms with Gasteiger partial charge >= 0.3 is 0 Å². The van der Waals surface area contributed by atoms with E-state index in [0.717, 1.165) is 13.8 Å².